The zero-order valence-electron chi connectivity index (χ0n) is 15.0. The van der Waals surface area contributed by atoms with Crippen LogP contribution in [-0.4, -0.2) is 34.7 Å². The molecule has 0 spiro atoms. The fraction of sp³-hybridized carbons (Fsp3) is 0.0526. The number of halogens is 2. The highest BCUT2D eigenvalue weighted by molar-refractivity contribution is 6.37. The number of hydrogen-bond acceptors (Lipinski definition) is 4. The largest absolute Gasteiger partial charge is 0.354 e. The van der Waals surface area contributed by atoms with E-state index in [0.29, 0.717) is 16.4 Å². The van der Waals surface area contributed by atoms with Gasteiger partial charge >= 0.3 is 0 Å². The third-order valence-corrected chi connectivity index (χ3v) is 4.43. The molecule has 1 aromatic heterocycles. The summed E-state index contributed by atoms with van der Waals surface area (Å²) in [5, 5.41) is 8.45. The highest BCUT2D eigenvalue weighted by atomic mass is 35.5. The number of carbonyl (C=O) groups is 3. The van der Waals surface area contributed by atoms with Gasteiger partial charge in [0.05, 0.1) is 16.9 Å². The average molecular weight is 432 g/mol. The molecule has 0 aliphatic heterocycles. The number of imidazole rings is 1. The van der Waals surface area contributed by atoms with Gasteiger partial charge in [-0.3, -0.25) is 14.4 Å². The number of rotatable bonds is 5. The number of anilines is 2. The molecule has 4 N–H and O–H groups in total. The minimum Gasteiger partial charge on any atom is -0.354 e. The van der Waals surface area contributed by atoms with Crippen LogP contribution in [0.5, 0.6) is 0 Å². The van der Waals surface area contributed by atoms with Crippen molar-refractivity contribution in [1.29, 1.82) is 0 Å². The molecule has 3 aromatic rings. The normalized spacial score (nSPS) is 10.3. The second-order valence-electron chi connectivity index (χ2n) is 5.82. The van der Waals surface area contributed by atoms with E-state index >= 15 is 0 Å². The summed E-state index contributed by atoms with van der Waals surface area (Å²) in [6.45, 7) is 0. The van der Waals surface area contributed by atoms with Crippen LogP contribution in [0.2, 0.25) is 10.0 Å². The lowest BCUT2D eigenvalue weighted by Crippen LogP contribution is -2.23. The molecule has 148 valence electrons. The van der Waals surface area contributed by atoms with Crippen molar-refractivity contribution < 1.29 is 14.4 Å². The molecule has 3 amide bonds. The monoisotopic (exact) mass is 431 g/mol. The first-order valence-electron chi connectivity index (χ1n) is 8.32. The first-order chi connectivity index (χ1) is 13.9. The SMILES string of the molecule is CNC(=O)c1[nH]cnc1C(=O)Nc1ccc(NC(=O)c2ccc(Cl)cc2Cl)cc1. The number of nitrogens with zero attached hydrogens (tertiary/aromatic N) is 1. The van der Waals surface area contributed by atoms with Crippen LogP contribution in [0.25, 0.3) is 0 Å². The molecule has 0 atom stereocenters. The van der Waals surface area contributed by atoms with Crippen molar-refractivity contribution in [2.45, 2.75) is 0 Å². The van der Waals surface area contributed by atoms with Gasteiger partial charge in [0, 0.05) is 23.4 Å². The van der Waals surface area contributed by atoms with Gasteiger partial charge < -0.3 is 20.9 Å². The van der Waals surface area contributed by atoms with Crippen LogP contribution >= 0.6 is 23.2 Å². The van der Waals surface area contributed by atoms with E-state index in [1.807, 2.05) is 0 Å². The van der Waals surface area contributed by atoms with Gasteiger partial charge in [-0.25, -0.2) is 4.98 Å². The maximum absolute atomic E-state index is 12.4. The molecular formula is C19H15Cl2N5O3. The Labute approximate surface area is 175 Å². The number of aromatic amines is 1. The van der Waals surface area contributed by atoms with Gasteiger partial charge in [-0.15, -0.1) is 0 Å². The smallest absolute Gasteiger partial charge is 0.276 e. The number of nitrogens with one attached hydrogen (secondary N) is 4. The third-order valence-electron chi connectivity index (χ3n) is 3.88. The van der Waals surface area contributed by atoms with Crippen molar-refractivity contribution >= 4 is 52.3 Å². The van der Waals surface area contributed by atoms with Crippen molar-refractivity contribution in [3.05, 3.63) is 75.8 Å². The molecule has 0 bridgehead atoms. The van der Waals surface area contributed by atoms with E-state index in [4.69, 9.17) is 23.2 Å². The zero-order chi connectivity index (χ0) is 21.0. The maximum atomic E-state index is 12.4. The predicted molar refractivity (Wildman–Crippen MR) is 111 cm³/mol. The Bertz CT molecular complexity index is 1080. The Hall–Kier alpha value is -3.36. The number of aromatic nitrogens is 2. The molecule has 0 saturated heterocycles. The first-order valence-corrected chi connectivity index (χ1v) is 9.08. The molecule has 3 rings (SSSR count). The van der Waals surface area contributed by atoms with Crippen molar-refractivity contribution in [2.24, 2.45) is 0 Å². The summed E-state index contributed by atoms with van der Waals surface area (Å²) in [5.41, 5.74) is 1.29. The number of H-pyrrole nitrogens is 1. The van der Waals surface area contributed by atoms with E-state index in [2.05, 4.69) is 25.9 Å². The topological polar surface area (TPSA) is 116 Å². The van der Waals surface area contributed by atoms with E-state index in [0.717, 1.165) is 0 Å². The maximum Gasteiger partial charge on any atom is 0.276 e. The Kier molecular flexibility index (Phi) is 6.16. The standard InChI is InChI=1S/C19H15Cl2N5O3/c1-22-18(28)15-16(24-9-23-15)19(29)26-12-5-3-11(4-6-12)25-17(27)13-7-2-10(20)8-14(13)21/h2-9H,1H3,(H,22,28)(H,23,24)(H,25,27)(H,26,29). The summed E-state index contributed by atoms with van der Waals surface area (Å²) >= 11 is 11.9. The molecule has 0 aliphatic carbocycles. The molecule has 29 heavy (non-hydrogen) atoms. The summed E-state index contributed by atoms with van der Waals surface area (Å²) in [6, 6.07) is 11.0. The number of benzene rings is 2. The fourth-order valence-electron chi connectivity index (χ4n) is 2.46. The zero-order valence-corrected chi connectivity index (χ0v) is 16.6. The summed E-state index contributed by atoms with van der Waals surface area (Å²) in [6.07, 6.45) is 1.26. The molecular weight excluding hydrogens is 417 g/mol. The summed E-state index contributed by atoms with van der Waals surface area (Å²) < 4.78 is 0. The van der Waals surface area contributed by atoms with Gasteiger partial charge in [0.2, 0.25) is 0 Å². The lowest BCUT2D eigenvalue weighted by molar-refractivity contribution is 0.0943. The quantitative estimate of drug-likeness (QED) is 0.493. The minimum atomic E-state index is -0.547. The minimum absolute atomic E-state index is 0.0286. The fourth-order valence-corrected chi connectivity index (χ4v) is 2.96. The van der Waals surface area contributed by atoms with Crippen molar-refractivity contribution in [2.75, 3.05) is 17.7 Å². The van der Waals surface area contributed by atoms with Crippen molar-refractivity contribution in [3.8, 4) is 0 Å². The van der Waals surface area contributed by atoms with E-state index < -0.39 is 17.7 Å². The van der Waals surface area contributed by atoms with Crippen molar-refractivity contribution in [1.82, 2.24) is 15.3 Å². The Morgan fingerprint density at radius 2 is 1.52 bits per heavy atom. The van der Waals surface area contributed by atoms with E-state index in [1.165, 1.54) is 25.5 Å². The van der Waals surface area contributed by atoms with Gasteiger partial charge in [-0.05, 0) is 42.5 Å². The number of amides is 3. The lowest BCUT2D eigenvalue weighted by Gasteiger charge is -2.09. The van der Waals surface area contributed by atoms with Crippen LogP contribution in [0.3, 0.4) is 0 Å². The molecule has 0 radical (unpaired) electrons. The van der Waals surface area contributed by atoms with Crippen LogP contribution < -0.4 is 16.0 Å². The highest BCUT2D eigenvalue weighted by Gasteiger charge is 2.19. The average Bonchev–Trinajstić information content (AvgIpc) is 3.19. The molecule has 0 fully saturated rings. The molecule has 2 aromatic carbocycles. The molecule has 8 nitrogen and oxygen atoms in total. The summed E-state index contributed by atoms with van der Waals surface area (Å²) in [7, 11) is 1.45. The van der Waals surface area contributed by atoms with Crippen LogP contribution in [0.1, 0.15) is 31.3 Å². The molecule has 10 heteroatoms. The molecule has 0 saturated carbocycles. The highest BCUT2D eigenvalue weighted by Crippen LogP contribution is 2.22. The summed E-state index contributed by atoms with van der Waals surface area (Å²) in [4.78, 5) is 42.9. The second kappa shape index (κ2) is 8.76. The number of carbonyl (C=O) groups excluding carboxylic acids is 3. The molecule has 0 unspecified atom stereocenters. The predicted octanol–water partition coefficient (Wildman–Crippen LogP) is 3.58. The molecule has 0 aliphatic rings. The third kappa shape index (κ3) is 4.74. The van der Waals surface area contributed by atoms with Crippen LogP contribution in [0.4, 0.5) is 11.4 Å². The Balaban J connectivity index is 1.67. The first kappa shape index (κ1) is 20.4. The van der Waals surface area contributed by atoms with Gasteiger partial charge in [0.25, 0.3) is 17.7 Å². The van der Waals surface area contributed by atoms with E-state index in [1.54, 1.807) is 30.3 Å². The van der Waals surface area contributed by atoms with Gasteiger partial charge in [-0.2, -0.15) is 0 Å². The van der Waals surface area contributed by atoms with Crippen molar-refractivity contribution in [3.63, 3.8) is 0 Å². The Morgan fingerprint density at radius 1 is 0.897 bits per heavy atom. The molecule has 1 heterocycles. The summed E-state index contributed by atoms with van der Waals surface area (Å²) in [5.74, 6) is -1.39. The van der Waals surface area contributed by atoms with Gasteiger partial charge in [-0.1, -0.05) is 23.2 Å². The van der Waals surface area contributed by atoms with Crippen LogP contribution in [0, 0.1) is 0 Å². The van der Waals surface area contributed by atoms with Crippen LogP contribution in [0.15, 0.2) is 48.8 Å². The van der Waals surface area contributed by atoms with Gasteiger partial charge in [0.15, 0.2) is 5.69 Å². The Morgan fingerprint density at radius 3 is 2.10 bits per heavy atom. The van der Waals surface area contributed by atoms with E-state index in [9.17, 15) is 14.4 Å². The van der Waals surface area contributed by atoms with E-state index in [-0.39, 0.29) is 22.0 Å². The van der Waals surface area contributed by atoms with Gasteiger partial charge in [0.1, 0.15) is 5.69 Å². The van der Waals surface area contributed by atoms with Crippen LogP contribution in [-0.2, 0) is 0 Å². The lowest BCUT2D eigenvalue weighted by atomic mass is 10.2. The number of hydrogen-bond donors (Lipinski definition) is 4. The second-order valence-corrected chi connectivity index (χ2v) is 6.66.